The van der Waals surface area contributed by atoms with Gasteiger partial charge in [0.25, 0.3) is 0 Å². The highest BCUT2D eigenvalue weighted by Gasteiger charge is 2.50. The summed E-state index contributed by atoms with van der Waals surface area (Å²) in [5, 5.41) is 0.728. The number of nitrogens with two attached hydrogens (primary N) is 1. The molecule has 4 rings (SSSR count). The number of fused-ring (bicyclic) bond motifs is 2. The van der Waals surface area contributed by atoms with Crippen LogP contribution in [0.5, 0.6) is 0 Å². The fourth-order valence-corrected chi connectivity index (χ4v) is 5.08. The molecule has 5 heteroatoms. The largest absolute Gasteiger partial charge is 0.381 e. The van der Waals surface area contributed by atoms with Gasteiger partial charge < -0.3 is 10.5 Å². The number of aryl methyl sites for hydroxylation is 1. The Hall–Kier alpha value is -0.940. The average Bonchev–Trinajstić information content (AvgIpc) is 2.66. The van der Waals surface area contributed by atoms with Gasteiger partial charge in [-0.1, -0.05) is 17.7 Å². The molecule has 0 saturated carbocycles. The summed E-state index contributed by atoms with van der Waals surface area (Å²) in [4.78, 5) is 16.0. The molecule has 2 aliphatic heterocycles. The fraction of sp³-hybridized carbons (Fsp3) is 0.650. The molecule has 0 radical (unpaired) electrons. The summed E-state index contributed by atoms with van der Waals surface area (Å²) >= 11 is 6.33. The number of Topliss-reactive ketones (excluding diaryl/α,β-unsaturated/α-hetero) is 1. The van der Waals surface area contributed by atoms with Gasteiger partial charge in [-0.05, 0) is 55.9 Å². The van der Waals surface area contributed by atoms with E-state index >= 15 is 0 Å². The minimum Gasteiger partial charge on any atom is -0.381 e. The standard InChI is InChI=1S/C20H27ClN2O2/c1-13(22)23-8-6-20(7-9-23)18-10-16(21)4-2-14(18)3-5-17(19(20)24)15-11-25-12-15/h2,4,10,13,15,17H,3,5-9,11-12,22H2,1H3. The van der Waals surface area contributed by atoms with E-state index in [1.54, 1.807) is 0 Å². The highest BCUT2D eigenvalue weighted by Crippen LogP contribution is 2.46. The molecule has 25 heavy (non-hydrogen) atoms. The van der Waals surface area contributed by atoms with Gasteiger partial charge in [0, 0.05) is 29.9 Å². The molecule has 2 saturated heterocycles. The summed E-state index contributed by atoms with van der Waals surface area (Å²) in [5.74, 6) is 0.925. The normalized spacial score (nSPS) is 28.3. The van der Waals surface area contributed by atoms with E-state index in [9.17, 15) is 4.79 Å². The van der Waals surface area contributed by atoms with Crippen molar-refractivity contribution in [1.29, 1.82) is 0 Å². The number of rotatable bonds is 2. The van der Waals surface area contributed by atoms with Gasteiger partial charge in [0.05, 0.1) is 24.8 Å². The van der Waals surface area contributed by atoms with E-state index in [1.165, 1.54) is 11.1 Å². The van der Waals surface area contributed by atoms with Gasteiger partial charge in [-0.15, -0.1) is 0 Å². The number of piperidine rings is 1. The van der Waals surface area contributed by atoms with E-state index in [-0.39, 0.29) is 12.1 Å². The van der Waals surface area contributed by atoms with Crippen LogP contribution in [0, 0.1) is 11.8 Å². The zero-order valence-corrected chi connectivity index (χ0v) is 15.6. The number of benzene rings is 1. The Morgan fingerprint density at radius 3 is 2.64 bits per heavy atom. The van der Waals surface area contributed by atoms with E-state index < -0.39 is 5.41 Å². The van der Waals surface area contributed by atoms with E-state index in [0.717, 1.165) is 57.0 Å². The zero-order chi connectivity index (χ0) is 17.6. The van der Waals surface area contributed by atoms with Crippen LogP contribution in [-0.2, 0) is 21.4 Å². The minimum atomic E-state index is -0.400. The van der Waals surface area contributed by atoms with Crippen LogP contribution in [0.4, 0.5) is 0 Å². The summed E-state index contributed by atoms with van der Waals surface area (Å²) < 4.78 is 5.40. The van der Waals surface area contributed by atoms with Crippen LogP contribution in [0.1, 0.15) is 37.3 Å². The molecule has 2 atom stereocenters. The Labute approximate surface area is 154 Å². The molecule has 4 nitrogen and oxygen atoms in total. The highest BCUT2D eigenvalue weighted by molar-refractivity contribution is 6.30. The number of ether oxygens (including phenoxy) is 1. The first kappa shape index (κ1) is 17.5. The second-order valence-electron chi connectivity index (χ2n) is 7.97. The molecule has 1 aromatic carbocycles. The molecule has 136 valence electrons. The second-order valence-corrected chi connectivity index (χ2v) is 8.40. The predicted octanol–water partition coefficient (Wildman–Crippen LogP) is 2.76. The van der Waals surface area contributed by atoms with Crippen molar-refractivity contribution in [2.75, 3.05) is 26.3 Å². The van der Waals surface area contributed by atoms with Crippen molar-refractivity contribution >= 4 is 17.4 Å². The number of nitrogens with zero attached hydrogens (tertiary/aromatic N) is 1. The van der Waals surface area contributed by atoms with Gasteiger partial charge in [-0.3, -0.25) is 9.69 Å². The first-order valence-corrected chi connectivity index (χ1v) is 9.80. The van der Waals surface area contributed by atoms with Crippen LogP contribution < -0.4 is 5.73 Å². The minimum absolute atomic E-state index is 0.0351. The van der Waals surface area contributed by atoms with Crippen molar-refractivity contribution in [3.63, 3.8) is 0 Å². The molecule has 1 aliphatic carbocycles. The number of likely N-dealkylation sites (tertiary alicyclic amines) is 1. The highest BCUT2D eigenvalue weighted by atomic mass is 35.5. The van der Waals surface area contributed by atoms with Gasteiger partial charge in [0.1, 0.15) is 5.78 Å². The molecular weight excluding hydrogens is 336 g/mol. The molecule has 2 fully saturated rings. The third-order valence-corrected chi connectivity index (χ3v) is 6.82. The fourth-order valence-electron chi connectivity index (χ4n) is 4.91. The monoisotopic (exact) mass is 362 g/mol. The predicted molar refractivity (Wildman–Crippen MR) is 98.7 cm³/mol. The SMILES string of the molecule is CC(N)N1CCC2(CC1)C(=O)C(C1COC1)CCc1ccc(Cl)cc12. The van der Waals surface area contributed by atoms with Gasteiger partial charge >= 0.3 is 0 Å². The number of halogens is 1. The Morgan fingerprint density at radius 2 is 2.04 bits per heavy atom. The molecule has 1 aromatic rings. The average molecular weight is 363 g/mol. The van der Waals surface area contributed by atoms with Crippen LogP contribution in [-0.4, -0.2) is 43.2 Å². The molecule has 3 aliphatic rings. The number of carbonyl (C=O) groups is 1. The summed E-state index contributed by atoms with van der Waals surface area (Å²) in [6.07, 6.45) is 3.60. The molecular formula is C20H27ClN2O2. The van der Waals surface area contributed by atoms with Gasteiger partial charge in [-0.25, -0.2) is 0 Å². The van der Waals surface area contributed by atoms with E-state index in [2.05, 4.69) is 17.0 Å². The number of carbonyl (C=O) groups excluding carboxylic acids is 1. The zero-order valence-electron chi connectivity index (χ0n) is 14.8. The third kappa shape index (κ3) is 2.93. The topological polar surface area (TPSA) is 55.6 Å². The molecule has 2 unspecified atom stereocenters. The van der Waals surface area contributed by atoms with Gasteiger partial charge in [-0.2, -0.15) is 0 Å². The maximum atomic E-state index is 13.8. The summed E-state index contributed by atoms with van der Waals surface area (Å²) in [6.45, 7) is 5.21. The quantitative estimate of drug-likeness (QED) is 0.878. The Morgan fingerprint density at radius 1 is 1.32 bits per heavy atom. The van der Waals surface area contributed by atoms with Crippen LogP contribution in [0.2, 0.25) is 5.02 Å². The molecule has 2 N–H and O–H groups in total. The summed E-state index contributed by atoms with van der Waals surface area (Å²) in [7, 11) is 0. The maximum Gasteiger partial charge on any atom is 0.147 e. The van der Waals surface area contributed by atoms with Crippen LogP contribution in [0.25, 0.3) is 0 Å². The summed E-state index contributed by atoms with van der Waals surface area (Å²) in [5.41, 5.74) is 8.16. The smallest absolute Gasteiger partial charge is 0.147 e. The molecule has 0 aromatic heterocycles. The van der Waals surface area contributed by atoms with Crippen molar-refractivity contribution in [3.8, 4) is 0 Å². The molecule has 0 bridgehead atoms. The Kier molecular flexibility index (Phi) is 4.65. The first-order chi connectivity index (χ1) is 12.0. The summed E-state index contributed by atoms with van der Waals surface area (Å²) in [6, 6.07) is 6.14. The van der Waals surface area contributed by atoms with Crippen LogP contribution in [0.3, 0.4) is 0 Å². The van der Waals surface area contributed by atoms with Crippen molar-refractivity contribution in [3.05, 3.63) is 34.3 Å². The van der Waals surface area contributed by atoms with E-state index in [4.69, 9.17) is 22.1 Å². The first-order valence-electron chi connectivity index (χ1n) is 9.42. The van der Waals surface area contributed by atoms with E-state index in [1.807, 2.05) is 13.0 Å². The maximum absolute atomic E-state index is 13.8. The van der Waals surface area contributed by atoms with Crippen molar-refractivity contribution in [2.24, 2.45) is 17.6 Å². The second kappa shape index (κ2) is 6.66. The van der Waals surface area contributed by atoms with Crippen LogP contribution >= 0.6 is 11.6 Å². The van der Waals surface area contributed by atoms with Crippen molar-refractivity contribution in [2.45, 2.75) is 44.2 Å². The molecule has 0 amide bonds. The lowest BCUT2D eigenvalue weighted by molar-refractivity contribution is -0.140. The number of ketones is 1. The van der Waals surface area contributed by atoms with Crippen LogP contribution in [0.15, 0.2) is 18.2 Å². The van der Waals surface area contributed by atoms with Crippen molar-refractivity contribution in [1.82, 2.24) is 4.90 Å². The lowest BCUT2D eigenvalue weighted by atomic mass is 9.65. The molecule has 1 spiro atoms. The third-order valence-electron chi connectivity index (χ3n) is 6.58. The van der Waals surface area contributed by atoms with E-state index in [0.29, 0.717) is 11.7 Å². The lowest BCUT2D eigenvalue weighted by Crippen LogP contribution is -2.54. The van der Waals surface area contributed by atoms with Gasteiger partial charge in [0.2, 0.25) is 0 Å². The number of hydrogen-bond acceptors (Lipinski definition) is 4. The van der Waals surface area contributed by atoms with Gasteiger partial charge in [0.15, 0.2) is 0 Å². The van der Waals surface area contributed by atoms with Crippen molar-refractivity contribution < 1.29 is 9.53 Å². The lowest BCUT2D eigenvalue weighted by Gasteiger charge is -2.45. The Bertz CT molecular complexity index is 664. The molecule has 2 heterocycles. The number of hydrogen-bond donors (Lipinski definition) is 1. The Balaban J connectivity index is 1.74.